The predicted octanol–water partition coefficient (Wildman–Crippen LogP) is 2.83. The van der Waals surface area contributed by atoms with Crippen molar-refractivity contribution in [3.05, 3.63) is 0 Å². The van der Waals surface area contributed by atoms with Crippen molar-refractivity contribution in [1.29, 1.82) is 0 Å². The van der Waals surface area contributed by atoms with Crippen molar-refractivity contribution >= 4 is 8.80 Å². The molecule has 0 aromatic heterocycles. The molecular formula is C10H24O3Si. The second kappa shape index (κ2) is 8.41. The molecule has 0 aromatic rings. The van der Waals surface area contributed by atoms with Crippen LogP contribution < -0.4 is 0 Å². The normalized spacial score (nSPS) is 12.0. The third-order valence-corrected chi connectivity index (χ3v) is 5.08. The molecule has 0 spiro atoms. The summed E-state index contributed by atoms with van der Waals surface area (Å²) in [4.78, 5) is 0. The minimum atomic E-state index is -2.32. The second-order valence-corrected chi connectivity index (χ2v) is 5.82. The fourth-order valence-corrected chi connectivity index (χ4v) is 4.18. The summed E-state index contributed by atoms with van der Waals surface area (Å²) >= 11 is 0. The van der Waals surface area contributed by atoms with E-state index in [4.69, 9.17) is 13.3 Å². The molecule has 0 aliphatic rings. The maximum Gasteiger partial charge on any atom is 0.500 e. The van der Waals surface area contributed by atoms with Crippen LogP contribution in [0.25, 0.3) is 0 Å². The highest BCUT2D eigenvalue weighted by Crippen LogP contribution is 2.18. The first-order chi connectivity index (χ1) is 6.74. The highest BCUT2D eigenvalue weighted by Gasteiger charge is 2.39. The van der Waals surface area contributed by atoms with Gasteiger partial charge in [0.05, 0.1) is 0 Å². The molecule has 0 heterocycles. The lowest BCUT2D eigenvalue weighted by atomic mass is 10.4. The van der Waals surface area contributed by atoms with Gasteiger partial charge in [-0.05, 0) is 27.2 Å². The zero-order valence-electron chi connectivity index (χ0n) is 9.97. The van der Waals surface area contributed by atoms with Gasteiger partial charge in [-0.2, -0.15) is 0 Å². The van der Waals surface area contributed by atoms with Crippen molar-refractivity contribution in [1.82, 2.24) is 0 Å². The van der Waals surface area contributed by atoms with Gasteiger partial charge in [0.25, 0.3) is 0 Å². The molecule has 0 aromatic carbocycles. The van der Waals surface area contributed by atoms with Gasteiger partial charge in [-0.3, -0.25) is 0 Å². The Hall–Kier alpha value is 0.0969. The Labute approximate surface area is 89.1 Å². The van der Waals surface area contributed by atoms with Crippen molar-refractivity contribution < 1.29 is 13.3 Å². The van der Waals surface area contributed by atoms with E-state index < -0.39 is 8.80 Å². The molecule has 0 N–H and O–H groups in total. The van der Waals surface area contributed by atoms with E-state index >= 15 is 0 Å². The van der Waals surface area contributed by atoms with Gasteiger partial charge in [-0.25, -0.2) is 0 Å². The van der Waals surface area contributed by atoms with Crippen molar-refractivity contribution in [2.24, 2.45) is 0 Å². The molecule has 0 aliphatic carbocycles. The molecule has 0 saturated heterocycles. The molecule has 0 amide bonds. The van der Waals surface area contributed by atoms with E-state index in [1.54, 1.807) is 0 Å². The van der Waals surface area contributed by atoms with Gasteiger partial charge in [-0.15, -0.1) is 0 Å². The lowest BCUT2D eigenvalue weighted by Crippen LogP contribution is -2.45. The standard InChI is InChI=1S/C10H24O3Si/c1-5-9-10-14(11-6-2,12-7-3)13-8-4/h5-10H2,1-4H3. The predicted molar refractivity (Wildman–Crippen MR) is 60.3 cm³/mol. The summed E-state index contributed by atoms with van der Waals surface area (Å²) in [5.41, 5.74) is 0. The number of unbranched alkanes of at least 4 members (excludes halogenated alkanes) is 1. The molecule has 0 radical (unpaired) electrons. The first-order valence-electron chi connectivity index (χ1n) is 5.66. The van der Waals surface area contributed by atoms with E-state index in [1.165, 1.54) is 0 Å². The van der Waals surface area contributed by atoms with Gasteiger partial charge in [0.2, 0.25) is 0 Å². The van der Waals surface area contributed by atoms with Crippen LogP contribution >= 0.6 is 0 Å². The van der Waals surface area contributed by atoms with E-state index in [9.17, 15) is 0 Å². The highest BCUT2D eigenvalue weighted by molar-refractivity contribution is 6.60. The van der Waals surface area contributed by atoms with Crippen LogP contribution in [0.1, 0.15) is 40.5 Å². The molecular weight excluding hydrogens is 196 g/mol. The third kappa shape index (κ3) is 5.10. The van der Waals surface area contributed by atoms with Crippen LogP contribution in [0.15, 0.2) is 0 Å². The zero-order valence-corrected chi connectivity index (χ0v) is 11.0. The van der Waals surface area contributed by atoms with E-state index in [0.717, 1.165) is 18.9 Å². The molecule has 0 atom stereocenters. The Morgan fingerprint density at radius 2 is 1.21 bits per heavy atom. The molecule has 0 unspecified atom stereocenters. The highest BCUT2D eigenvalue weighted by atomic mass is 28.4. The van der Waals surface area contributed by atoms with Crippen molar-refractivity contribution in [3.8, 4) is 0 Å². The molecule has 3 nitrogen and oxygen atoms in total. The molecule has 4 heteroatoms. The van der Waals surface area contributed by atoms with Crippen LogP contribution in [0.4, 0.5) is 0 Å². The van der Waals surface area contributed by atoms with Gasteiger partial charge in [0, 0.05) is 25.9 Å². The van der Waals surface area contributed by atoms with Crippen LogP contribution in [0.3, 0.4) is 0 Å². The van der Waals surface area contributed by atoms with Crippen LogP contribution in [0.5, 0.6) is 0 Å². The first kappa shape index (κ1) is 14.1. The second-order valence-electron chi connectivity index (χ2n) is 3.09. The topological polar surface area (TPSA) is 27.7 Å². The quantitative estimate of drug-likeness (QED) is 0.559. The number of hydrogen-bond acceptors (Lipinski definition) is 3. The maximum atomic E-state index is 5.71. The summed E-state index contributed by atoms with van der Waals surface area (Å²) in [5.74, 6) is 0. The summed E-state index contributed by atoms with van der Waals surface area (Å²) in [5, 5.41) is 0. The Balaban J connectivity index is 4.21. The van der Waals surface area contributed by atoms with Crippen LogP contribution in [0.2, 0.25) is 6.04 Å². The average Bonchev–Trinajstić information content (AvgIpc) is 2.16. The van der Waals surface area contributed by atoms with E-state index in [1.807, 2.05) is 20.8 Å². The Kier molecular flexibility index (Phi) is 8.47. The molecule has 0 saturated carbocycles. The summed E-state index contributed by atoms with van der Waals surface area (Å²) in [6.07, 6.45) is 2.27. The summed E-state index contributed by atoms with van der Waals surface area (Å²) in [6, 6.07) is 0.943. The molecule has 0 fully saturated rings. The maximum absolute atomic E-state index is 5.71. The van der Waals surface area contributed by atoms with Gasteiger partial charge in [0.15, 0.2) is 0 Å². The van der Waals surface area contributed by atoms with Crippen LogP contribution in [-0.2, 0) is 13.3 Å². The van der Waals surface area contributed by atoms with Crippen molar-refractivity contribution in [2.75, 3.05) is 19.8 Å². The average molecular weight is 220 g/mol. The monoisotopic (exact) mass is 220 g/mol. The molecule has 0 aliphatic heterocycles. The molecule has 14 heavy (non-hydrogen) atoms. The van der Waals surface area contributed by atoms with Gasteiger partial charge >= 0.3 is 8.80 Å². The van der Waals surface area contributed by atoms with Crippen molar-refractivity contribution in [3.63, 3.8) is 0 Å². The molecule has 0 rings (SSSR count). The number of hydrogen-bond donors (Lipinski definition) is 0. The molecule has 0 bridgehead atoms. The van der Waals surface area contributed by atoms with Gasteiger partial charge in [0.1, 0.15) is 0 Å². The Bertz CT molecular complexity index is 114. The fraction of sp³-hybridized carbons (Fsp3) is 1.00. The Morgan fingerprint density at radius 1 is 0.786 bits per heavy atom. The summed E-state index contributed by atoms with van der Waals surface area (Å²) < 4.78 is 17.1. The van der Waals surface area contributed by atoms with E-state index in [-0.39, 0.29) is 0 Å². The molecule has 86 valence electrons. The lowest BCUT2D eigenvalue weighted by Gasteiger charge is -2.28. The zero-order chi connectivity index (χ0) is 10.9. The largest absolute Gasteiger partial charge is 0.500 e. The SMILES string of the molecule is CCCC[Si](OCC)(OCC)OCC. The Morgan fingerprint density at radius 3 is 1.50 bits per heavy atom. The summed E-state index contributed by atoms with van der Waals surface area (Å²) in [6.45, 7) is 10.2. The van der Waals surface area contributed by atoms with E-state index in [0.29, 0.717) is 19.8 Å². The summed E-state index contributed by atoms with van der Waals surface area (Å²) in [7, 11) is -2.32. The minimum absolute atomic E-state index is 0.677. The fourth-order valence-electron chi connectivity index (χ4n) is 1.39. The first-order valence-corrected chi connectivity index (χ1v) is 7.59. The smallest absolute Gasteiger partial charge is 0.374 e. The van der Waals surface area contributed by atoms with Gasteiger partial charge < -0.3 is 13.3 Å². The van der Waals surface area contributed by atoms with Crippen LogP contribution in [-0.4, -0.2) is 28.6 Å². The van der Waals surface area contributed by atoms with Gasteiger partial charge in [-0.1, -0.05) is 13.3 Å². The van der Waals surface area contributed by atoms with Crippen molar-refractivity contribution in [2.45, 2.75) is 46.6 Å². The minimum Gasteiger partial charge on any atom is -0.374 e. The number of rotatable bonds is 9. The lowest BCUT2D eigenvalue weighted by molar-refractivity contribution is 0.0708. The van der Waals surface area contributed by atoms with Crippen LogP contribution in [0, 0.1) is 0 Å². The van der Waals surface area contributed by atoms with E-state index in [2.05, 4.69) is 6.92 Å². The third-order valence-electron chi connectivity index (χ3n) is 1.93.